The fourth-order valence-corrected chi connectivity index (χ4v) is 7.20. The normalized spacial score (nSPS) is 23.6. The summed E-state index contributed by atoms with van der Waals surface area (Å²) in [4.78, 5) is 29.4. The molecule has 1 saturated carbocycles. The zero-order valence-corrected chi connectivity index (χ0v) is 22.7. The highest BCUT2D eigenvalue weighted by Crippen LogP contribution is 2.37. The maximum absolute atomic E-state index is 13.1. The first-order valence-electron chi connectivity index (χ1n) is 13.1. The zero-order chi connectivity index (χ0) is 27.5. The van der Waals surface area contributed by atoms with Crippen LogP contribution in [0, 0.1) is 18.8 Å². The summed E-state index contributed by atoms with van der Waals surface area (Å²) in [7, 11) is -2.23. The van der Waals surface area contributed by atoms with E-state index in [1.165, 1.54) is 11.4 Å². The van der Waals surface area contributed by atoms with E-state index in [1.54, 1.807) is 18.2 Å². The van der Waals surface area contributed by atoms with Crippen molar-refractivity contribution in [3.05, 3.63) is 47.0 Å². The molecule has 8 nitrogen and oxygen atoms in total. The number of ether oxygens (including phenoxy) is 1. The van der Waals surface area contributed by atoms with Crippen molar-refractivity contribution in [2.45, 2.75) is 63.8 Å². The zero-order valence-electron chi connectivity index (χ0n) is 21.8. The van der Waals surface area contributed by atoms with Gasteiger partial charge in [0.2, 0.25) is 10.0 Å². The quantitative estimate of drug-likeness (QED) is 0.492. The monoisotopic (exact) mass is 551 g/mol. The van der Waals surface area contributed by atoms with E-state index in [-0.39, 0.29) is 36.6 Å². The average Bonchev–Trinajstić information content (AvgIpc) is 3.21. The summed E-state index contributed by atoms with van der Waals surface area (Å²) >= 11 is 0. The molecule has 2 aliphatic heterocycles. The predicted octanol–water partition coefficient (Wildman–Crippen LogP) is 3.99. The maximum Gasteiger partial charge on any atom is 0.337 e. The highest BCUT2D eigenvalue weighted by atomic mass is 32.2. The highest BCUT2D eigenvalue weighted by Gasteiger charge is 2.48. The van der Waals surface area contributed by atoms with Gasteiger partial charge in [-0.25, -0.2) is 17.5 Å². The molecule has 1 saturated heterocycles. The predicted molar refractivity (Wildman–Crippen MR) is 139 cm³/mol. The number of hydrogen-bond acceptors (Lipinski definition) is 6. The number of halogens is 2. The third-order valence-corrected chi connectivity index (χ3v) is 10.0. The van der Waals surface area contributed by atoms with Crippen molar-refractivity contribution in [1.29, 1.82) is 0 Å². The van der Waals surface area contributed by atoms with E-state index in [0.29, 0.717) is 37.1 Å². The Labute approximate surface area is 222 Å². The molecule has 0 aromatic heterocycles. The number of carbonyl (C=O) groups excluding carboxylic acids is 2. The second-order valence-electron chi connectivity index (χ2n) is 10.5. The van der Waals surface area contributed by atoms with E-state index < -0.39 is 27.6 Å². The molecule has 1 aromatic rings. The molecule has 1 aromatic carbocycles. The van der Waals surface area contributed by atoms with Crippen molar-refractivity contribution in [2.75, 3.05) is 26.0 Å². The number of amides is 1. The number of rotatable bonds is 8. The Balaban J connectivity index is 1.32. The van der Waals surface area contributed by atoms with Crippen molar-refractivity contribution in [3.63, 3.8) is 0 Å². The second kappa shape index (κ2) is 11.6. The van der Waals surface area contributed by atoms with E-state index in [0.717, 1.165) is 42.9 Å². The largest absolute Gasteiger partial charge is 0.465 e. The Kier molecular flexibility index (Phi) is 8.66. The summed E-state index contributed by atoms with van der Waals surface area (Å²) in [5, 5.41) is 2.95. The van der Waals surface area contributed by atoms with Gasteiger partial charge in [-0.2, -0.15) is 8.78 Å². The molecule has 1 spiro atoms. The van der Waals surface area contributed by atoms with Gasteiger partial charge in [-0.1, -0.05) is 6.07 Å². The van der Waals surface area contributed by atoms with Gasteiger partial charge in [0.05, 0.1) is 18.4 Å². The Morgan fingerprint density at radius 1 is 1.21 bits per heavy atom. The van der Waals surface area contributed by atoms with Crippen molar-refractivity contribution >= 4 is 27.7 Å². The van der Waals surface area contributed by atoms with Gasteiger partial charge < -0.3 is 10.1 Å². The van der Waals surface area contributed by atoms with Crippen LogP contribution in [0.4, 0.5) is 8.78 Å². The first-order chi connectivity index (χ1) is 18.0. The van der Waals surface area contributed by atoms with E-state index in [2.05, 4.69) is 5.32 Å². The van der Waals surface area contributed by atoms with Crippen LogP contribution in [0.5, 0.6) is 0 Å². The number of nitrogens with one attached hydrogen (secondary N) is 1. The molecule has 0 bridgehead atoms. The van der Waals surface area contributed by atoms with Crippen molar-refractivity contribution in [3.8, 4) is 0 Å². The molecule has 11 heteroatoms. The van der Waals surface area contributed by atoms with Crippen molar-refractivity contribution in [1.82, 2.24) is 9.62 Å². The molecular weight excluding hydrogens is 516 g/mol. The van der Waals surface area contributed by atoms with Gasteiger partial charge in [0.15, 0.2) is 0 Å². The number of piperidine rings is 1. The second-order valence-corrected chi connectivity index (χ2v) is 12.6. The number of amidine groups is 1. The fraction of sp³-hybridized carbons (Fsp3) is 0.593. The van der Waals surface area contributed by atoms with Crippen LogP contribution in [0.3, 0.4) is 0 Å². The van der Waals surface area contributed by atoms with Crippen LogP contribution in [0.25, 0.3) is 0 Å². The van der Waals surface area contributed by atoms with E-state index in [1.807, 2.05) is 6.92 Å². The van der Waals surface area contributed by atoms with Crippen LogP contribution in [-0.2, 0) is 26.0 Å². The van der Waals surface area contributed by atoms with Gasteiger partial charge in [-0.15, -0.1) is 0 Å². The number of sulfonamides is 1. The summed E-state index contributed by atoms with van der Waals surface area (Å²) in [6, 6.07) is 5.08. The van der Waals surface area contributed by atoms with Gasteiger partial charge >= 0.3 is 5.97 Å². The van der Waals surface area contributed by atoms with E-state index in [4.69, 9.17) is 9.73 Å². The Morgan fingerprint density at radius 3 is 2.50 bits per heavy atom. The molecule has 0 unspecified atom stereocenters. The van der Waals surface area contributed by atoms with Crippen LogP contribution in [0.1, 0.15) is 66.4 Å². The lowest BCUT2D eigenvalue weighted by Gasteiger charge is -2.34. The average molecular weight is 552 g/mol. The molecule has 208 valence electrons. The first kappa shape index (κ1) is 28.4. The van der Waals surface area contributed by atoms with Crippen LogP contribution in [0.15, 0.2) is 35.3 Å². The summed E-state index contributed by atoms with van der Waals surface area (Å²) in [6.45, 7) is 2.28. The van der Waals surface area contributed by atoms with Crippen LogP contribution < -0.4 is 5.32 Å². The lowest BCUT2D eigenvalue weighted by molar-refractivity contribution is -0.125. The van der Waals surface area contributed by atoms with Gasteiger partial charge in [0.25, 0.3) is 12.0 Å². The molecular formula is C27H35F2N3O5S. The number of aryl methyl sites for hydroxylation is 2. The number of benzene rings is 1. The SMILES string of the molecule is COC(=O)c1ccc(CCS(=O)(=O)N2CCC3(CC2)N=C(C2CCC(CC=C(F)F)CC2)NC3=O)c(C)c1. The number of esters is 1. The van der Waals surface area contributed by atoms with Gasteiger partial charge in [0, 0.05) is 19.0 Å². The minimum Gasteiger partial charge on any atom is -0.465 e. The van der Waals surface area contributed by atoms with Crippen LogP contribution in [0.2, 0.25) is 0 Å². The number of allylic oxidation sites excluding steroid dienone is 1. The molecule has 4 rings (SSSR count). The highest BCUT2D eigenvalue weighted by molar-refractivity contribution is 7.89. The fourth-order valence-electron chi connectivity index (χ4n) is 5.73. The van der Waals surface area contributed by atoms with Gasteiger partial charge in [-0.05, 0) is 93.5 Å². The minimum absolute atomic E-state index is 0.0656. The van der Waals surface area contributed by atoms with Gasteiger partial charge in [-0.3, -0.25) is 9.79 Å². The topological polar surface area (TPSA) is 105 Å². The molecule has 0 radical (unpaired) electrons. The molecule has 3 aliphatic rings. The summed E-state index contributed by atoms with van der Waals surface area (Å²) in [5.41, 5.74) is 1.16. The van der Waals surface area contributed by atoms with Gasteiger partial charge in [0.1, 0.15) is 11.4 Å². The number of nitrogens with zero attached hydrogens (tertiary/aromatic N) is 2. The van der Waals surface area contributed by atoms with Crippen molar-refractivity contribution in [2.24, 2.45) is 16.8 Å². The maximum atomic E-state index is 13.1. The Hall–Kier alpha value is -2.66. The third-order valence-electron chi connectivity index (χ3n) is 8.17. The first-order valence-corrected chi connectivity index (χ1v) is 14.7. The molecule has 38 heavy (non-hydrogen) atoms. The number of hydrogen-bond donors (Lipinski definition) is 1. The smallest absolute Gasteiger partial charge is 0.337 e. The number of carbonyl (C=O) groups is 2. The summed E-state index contributed by atoms with van der Waals surface area (Å²) in [6.07, 6.45) is 3.90. The molecule has 1 N–H and O–H groups in total. The standard InChI is InChI=1S/C27H35F2N3O5S/c1-18-17-22(25(33)37-2)9-8-20(18)11-16-38(35,36)32-14-12-27(13-15-32)26(34)30-24(31-27)21-6-3-19(4-7-21)5-10-23(28)29/h8-10,17,19,21H,3-7,11-16H2,1-2H3,(H,30,31,34). The lowest BCUT2D eigenvalue weighted by Crippen LogP contribution is -2.51. The van der Waals surface area contributed by atoms with E-state index in [9.17, 15) is 26.8 Å². The molecule has 2 heterocycles. The van der Waals surface area contributed by atoms with Crippen LogP contribution >= 0.6 is 0 Å². The number of aliphatic imine (C=N–C) groups is 1. The van der Waals surface area contributed by atoms with Crippen LogP contribution in [-0.4, -0.2) is 61.9 Å². The molecule has 0 atom stereocenters. The molecule has 1 aliphatic carbocycles. The summed E-state index contributed by atoms with van der Waals surface area (Å²) in [5.74, 6) is 0.320. The van der Waals surface area contributed by atoms with Crippen molar-refractivity contribution < 1.29 is 31.5 Å². The number of methoxy groups -OCH3 is 1. The molecule has 2 fully saturated rings. The lowest BCUT2D eigenvalue weighted by atomic mass is 9.80. The Bertz CT molecular complexity index is 1230. The minimum atomic E-state index is -3.54. The summed E-state index contributed by atoms with van der Waals surface area (Å²) < 4.78 is 57.1. The third kappa shape index (κ3) is 6.31. The molecule has 1 amide bonds. The van der Waals surface area contributed by atoms with E-state index >= 15 is 0 Å². The Morgan fingerprint density at radius 2 is 1.89 bits per heavy atom.